The van der Waals surface area contributed by atoms with Crippen molar-refractivity contribution in [3.8, 4) is 0 Å². The SMILES string of the molecule is BrC(Br)CC[Si]CCC[Si]CCC(Br)Br. The average Bonchev–Trinajstić information content (AvgIpc) is 2.14. The van der Waals surface area contributed by atoms with Crippen molar-refractivity contribution in [3.05, 3.63) is 0 Å². The van der Waals surface area contributed by atoms with Gasteiger partial charge in [0.05, 0.1) is 7.47 Å². The molecular weight excluding hydrogens is 484 g/mol. The third-order valence-corrected chi connectivity index (χ3v) is 6.32. The van der Waals surface area contributed by atoms with Gasteiger partial charge in [0, 0.05) is 19.0 Å². The number of hydrogen-bond acceptors (Lipinski definition) is 0. The lowest BCUT2D eigenvalue weighted by Gasteiger charge is -2.02. The summed E-state index contributed by atoms with van der Waals surface area (Å²) in [5.41, 5.74) is 0. The van der Waals surface area contributed by atoms with E-state index in [1.54, 1.807) is 0 Å². The smallest absolute Gasteiger partial charge is 0.0695 e. The Bertz CT molecular complexity index is 119. The molecule has 6 heteroatoms. The third-order valence-electron chi connectivity index (χ3n) is 1.79. The Labute approximate surface area is 132 Å². The van der Waals surface area contributed by atoms with Crippen molar-refractivity contribution in [1.82, 2.24) is 0 Å². The molecule has 0 aromatic rings. The maximum absolute atomic E-state index is 3.50. The summed E-state index contributed by atoms with van der Waals surface area (Å²) in [6.07, 6.45) is 3.95. The van der Waals surface area contributed by atoms with Crippen molar-refractivity contribution < 1.29 is 0 Å². The molecule has 0 rings (SSSR count). The lowest BCUT2D eigenvalue weighted by molar-refractivity contribution is 0.998. The fourth-order valence-corrected chi connectivity index (χ4v) is 6.31. The number of hydrogen-bond donors (Lipinski definition) is 0. The zero-order chi connectivity index (χ0) is 11.5. The second-order valence-corrected chi connectivity index (χ2v) is 13.1. The molecule has 0 bridgehead atoms. The Morgan fingerprint density at radius 1 is 0.667 bits per heavy atom. The molecule has 0 aliphatic heterocycles. The van der Waals surface area contributed by atoms with Crippen LogP contribution in [0.1, 0.15) is 19.3 Å². The van der Waals surface area contributed by atoms with E-state index in [1.165, 1.54) is 43.4 Å². The molecule has 0 heterocycles. The molecule has 0 unspecified atom stereocenters. The molecule has 0 aromatic heterocycles. The zero-order valence-corrected chi connectivity index (χ0v) is 17.0. The molecule has 0 fully saturated rings. The lowest BCUT2D eigenvalue weighted by atomic mass is 10.6. The van der Waals surface area contributed by atoms with Crippen LogP contribution in [0.3, 0.4) is 0 Å². The topological polar surface area (TPSA) is 0 Å². The van der Waals surface area contributed by atoms with E-state index in [0.29, 0.717) is 7.47 Å². The van der Waals surface area contributed by atoms with Crippen molar-refractivity contribution in [1.29, 1.82) is 0 Å². The van der Waals surface area contributed by atoms with Crippen molar-refractivity contribution in [2.24, 2.45) is 0 Å². The zero-order valence-electron chi connectivity index (χ0n) is 8.62. The summed E-state index contributed by atoms with van der Waals surface area (Å²) in [6, 6.07) is 5.61. The minimum Gasteiger partial charge on any atom is -0.0765 e. The minimum atomic E-state index is 0.522. The van der Waals surface area contributed by atoms with Gasteiger partial charge in [-0.15, -0.1) is 0 Å². The monoisotopic (exact) mass is 496 g/mol. The largest absolute Gasteiger partial charge is 0.0765 e. The maximum atomic E-state index is 3.50. The molecule has 0 N–H and O–H groups in total. The van der Waals surface area contributed by atoms with Crippen LogP contribution in [0.15, 0.2) is 0 Å². The van der Waals surface area contributed by atoms with Crippen molar-refractivity contribution >= 4 is 82.8 Å². The normalized spacial score (nSPS) is 11.6. The van der Waals surface area contributed by atoms with E-state index in [1.807, 2.05) is 0 Å². The average molecular weight is 500 g/mol. The summed E-state index contributed by atoms with van der Waals surface area (Å²) in [5, 5.41) is 0. The summed E-state index contributed by atoms with van der Waals surface area (Å²) in [4.78, 5) is 0. The fraction of sp³-hybridized carbons (Fsp3) is 1.00. The van der Waals surface area contributed by atoms with Crippen LogP contribution >= 0.6 is 63.7 Å². The van der Waals surface area contributed by atoms with Gasteiger partial charge in [-0.2, -0.15) is 0 Å². The van der Waals surface area contributed by atoms with Gasteiger partial charge in [0.1, 0.15) is 0 Å². The summed E-state index contributed by atoms with van der Waals surface area (Å²) in [6.45, 7) is 0. The first kappa shape index (κ1) is 17.4. The van der Waals surface area contributed by atoms with Gasteiger partial charge < -0.3 is 0 Å². The first-order valence-electron chi connectivity index (χ1n) is 5.10. The Hall–Kier alpha value is 2.35. The van der Waals surface area contributed by atoms with Crippen LogP contribution in [0.5, 0.6) is 0 Å². The standard InChI is InChI=1S/C9H16Br4Si2/c10-8(11)2-6-14-4-1-5-15-7-3-9(12)13/h8-9H,1-7H2. The van der Waals surface area contributed by atoms with Crippen LogP contribution in [-0.4, -0.2) is 26.5 Å². The molecule has 0 amide bonds. The second-order valence-electron chi connectivity index (χ2n) is 3.21. The first-order chi connectivity index (χ1) is 7.13. The molecule has 0 aromatic carbocycles. The van der Waals surface area contributed by atoms with Crippen LogP contribution < -0.4 is 0 Å². The maximum Gasteiger partial charge on any atom is 0.0695 e. The van der Waals surface area contributed by atoms with E-state index in [4.69, 9.17) is 0 Å². The van der Waals surface area contributed by atoms with Gasteiger partial charge >= 0.3 is 0 Å². The van der Waals surface area contributed by atoms with Crippen molar-refractivity contribution in [3.63, 3.8) is 0 Å². The number of halogens is 4. The predicted molar refractivity (Wildman–Crippen MR) is 87.9 cm³/mol. The molecule has 0 atom stereocenters. The number of alkyl halides is 4. The molecular formula is C9H16Br4Si2. The number of rotatable bonds is 10. The van der Waals surface area contributed by atoms with Gasteiger partial charge in [-0.3, -0.25) is 0 Å². The van der Waals surface area contributed by atoms with Crippen LogP contribution in [-0.2, 0) is 0 Å². The Morgan fingerprint density at radius 3 is 1.40 bits per heavy atom. The second kappa shape index (κ2) is 12.8. The minimum absolute atomic E-state index is 0.522. The molecule has 0 saturated carbocycles. The quantitative estimate of drug-likeness (QED) is 0.212. The van der Waals surface area contributed by atoms with Crippen LogP contribution in [0, 0.1) is 0 Å². The highest BCUT2D eigenvalue weighted by Crippen LogP contribution is 2.16. The Balaban J connectivity index is 2.93. The highest BCUT2D eigenvalue weighted by atomic mass is 79.9. The van der Waals surface area contributed by atoms with Crippen molar-refractivity contribution in [2.75, 3.05) is 0 Å². The predicted octanol–water partition coefficient (Wildman–Crippen LogP) is 5.47. The summed E-state index contributed by atoms with van der Waals surface area (Å²) in [7, 11) is 2.32. The molecule has 0 nitrogen and oxygen atoms in total. The van der Waals surface area contributed by atoms with Gasteiger partial charge in [0.2, 0.25) is 0 Å². The van der Waals surface area contributed by atoms with Crippen LogP contribution in [0.4, 0.5) is 0 Å². The highest BCUT2D eigenvalue weighted by molar-refractivity contribution is 9.25. The summed E-state index contributed by atoms with van der Waals surface area (Å²) in [5.74, 6) is 0. The fourth-order valence-electron chi connectivity index (χ4n) is 1.01. The van der Waals surface area contributed by atoms with Gasteiger partial charge in [0.15, 0.2) is 0 Å². The Morgan fingerprint density at radius 2 is 1.07 bits per heavy atom. The summed E-state index contributed by atoms with van der Waals surface area (Å²) < 4.78 is 1.04. The van der Waals surface area contributed by atoms with E-state index >= 15 is 0 Å². The lowest BCUT2D eigenvalue weighted by Crippen LogP contribution is -1.96. The van der Waals surface area contributed by atoms with Crippen molar-refractivity contribution in [2.45, 2.75) is 50.9 Å². The molecule has 0 saturated heterocycles. The van der Waals surface area contributed by atoms with Gasteiger partial charge in [-0.1, -0.05) is 94.3 Å². The molecule has 4 radical (unpaired) electrons. The molecule has 15 heavy (non-hydrogen) atoms. The third kappa shape index (κ3) is 16.4. The van der Waals surface area contributed by atoms with Gasteiger partial charge in [0.25, 0.3) is 0 Å². The van der Waals surface area contributed by atoms with E-state index in [-0.39, 0.29) is 0 Å². The molecule has 0 aliphatic carbocycles. The molecule has 0 aliphatic rings. The molecule has 88 valence electrons. The van der Waals surface area contributed by atoms with Gasteiger partial charge in [-0.25, -0.2) is 0 Å². The Kier molecular flexibility index (Phi) is 14.8. The van der Waals surface area contributed by atoms with Gasteiger partial charge in [-0.05, 0) is 12.8 Å². The summed E-state index contributed by atoms with van der Waals surface area (Å²) >= 11 is 14.0. The molecule has 0 spiro atoms. The highest BCUT2D eigenvalue weighted by Gasteiger charge is 1.99. The van der Waals surface area contributed by atoms with E-state index in [0.717, 1.165) is 19.0 Å². The first-order valence-corrected chi connectivity index (χ1v) is 11.6. The van der Waals surface area contributed by atoms with E-state index < -0.39 is 0 Å². The van der Waals surface area contributed by atoms with E-state index in [9.17, 15) is 0 Å². The van der Waals surface area contributed by atoms with E-state index in [2.05, 4.69) is 63.7 Å². The van der Waals surface area contributed by atoms with Crippen LogP contribution in [0.2, 0.25) is 24.2 Å². The van der Waals surface area contributed by atoms with Crippen LogP contribution in [0.25, 0.3) is 0 Å².